The van der Waals surface area contributed by atoms with Crippen LogP contribution in [0.15, 0.2) is 53.5 Å². The number of anilines is 1. The number of benzene rings is 2. The molecule has 1 aromatic heterocycles. The molecule has 0 radical (unpaired) electrons. The summed E-state index contributed by atoms with van der Waals surface area (Å²) in [5.74, 6) is -2.47. The molecule has 9 heteroatoms. The van der Waals surface area contributed by atoms with E-state index in [0.29, 0.717) is 17.7 Å². The molecule has 2 fully saturated rings. The van der Waals surface area contributed by atoms with E-state index in [1.165, 1.54) is 24.2 Å². The Labute approximate surface area is 233 Å². The molecule has 3 N–H and O–H groups in total. The summed E-state index contributed by atoms with van der Waals surface area (Å²) in [5.41, 5.74) is 1.35. The van der Waals surface area contributed by atoms with Gasteiger partial charge in [0.2, 0.25) is 5.43 Å². The predicted molar refractivity (Wildman–Crippen MR) is 153 cm³/mol. The number of carbonyl (C=O) groups is 2. The number of carboxylic acid groups (broad SMARTS) is 1. The topological polar surface area (TPSA) is 104 Å². The van der Waals surface area contributed by atoms with Crippen LogP contribution in [0.1, 0.15) is 73.8 Å². The van der Waals surface area contributed by atoms with Gasteiger partial charge in [0.25, 0.3) is 5.91 Å². The Bertz CT molecular complexity index is 1430. The minimum Gasteiger partial charge on any atom is -0.480 e. The number of halogens is 1. The Morgan fingerprint density at radius 2 is 1.85 bits per heavy atom. The van der Waals surface area contributed by atoms with Crippen molar-refractivity contribution in [3.05, 3.63) is 75.8 Å². The van der Waals surface area contributed by atoms with E-state index >= 15 is 4.39 Å². The molecule has 2 heterocycles. The van der Waals surface area contributed by atoms with Crippen LogP contribution in [0.3, 0.4) is 0 Å². The summed E-state index contributed by atoms with van der Waals surface area (Å²) in [6, 6.07) is 12.1. The quantitative estimate of drug-likeness (QED) is 0.351. The minimum atomic E-state index is -1.17. The summed E-state index contributed by atoms with van der Waals surface area (Å²) in [6.07, 6.45) is 7.84. The second kappa shape index (κ2) is 12.2. The lowest BCUT2D eigenvalue weighted by molar-refractivity contribution is -0.139. The highest BCUT2D eigenvalue weighted by molar-refractivity contribution is 5.99. The number of aliphatic carboxylic acids is 1. The molecule has 40 heavy (non-hydrogen) atoms. The molecular weight excluding hydrogens is 511 g/mol. The van der Waals surface area contributed by atoms with E-state index in [-0.39, 0.29) is 29.5 Å². The Morgan fingerprint density at radius 3 is 2.55 bits per heavy atom. The number of hydrogen-bond donors (Lipinski definition) is 3. The van der Waals surface area contributed by atoms with E-state index < -0.39 is 29.2 Å². The fourth-order valence-electron chi connectivity index (χ4n) is 6.01. The molecular formula is C31H37FN4O4. The van der Waals surface area contributed by atoms with Crippen LogP contribution < -0.4 is 16.1 Å². The zero-order valence-electron chi connectivity index (χ0n) is 22.9. The van der Waals surface area contributed by atoms with Crippen molar-refractivity contribution in [2.75, 3.05) is 18.4 Å². The first-order valence-electron chi connectivity index (χ1n) is 14.3. The second-order valence-corrected chi connectivity index (χ2v) is 11.0. The Kier molecular flexibility index (Phi) is 8.49. The number of rotatable bonds is 9. The van der Waals surface area contributed by atoms with Crippen molar-refractivity contribution in [2.24, 2.45) is 0 Å². The molecule has 5 rings (SSSR count). The van der Waals surface area contributed by atoms with Gasteiger partial charge in [-0.15, -0.1) is 0 Å². The largest absolute Gasteiger partial charge is 0.480 e. The first-order chi connectivity index (χ1) is 19.3. The van der Waals surface area contributed by atoms with E-state index in [9.17, 15) is 19.5 Å². The second-order valence-electron chi connectivity index (χ2n) is 11.0. The number of aromatic nitrogens is 1. The molecule has 1 amide bonds. The molecule has 2 aliphatic rings. The Balaban J connectivity index is 1.53. The SMILES string of the molecule is CCC(NC(=O)c1cn(C2CCN(Cc3ccccc3)C2)c2cc(NC3CCCCC3)c(F)cc2c1=O)C(=O)O. The van der Waals surface area contributed by atoms with Crippen molar-refractivity contribution in [1.29, 1.82) is 0 Å². The van der Waals surface area contributed by atoms with Gasteiger partial charge in [0, 0.05) is 43.3 Å². The highest BCUT2D eigenvalue weighted by Gasteiger charge is 2.28. The maximum Gasteiger partial charge on any atom is 0.326 e. The van der Waals surface area contributed by atoms with Gasteiger partial charge in [-0.2, -0.15) is 0 Å². The molecule has 1 saturated heterocycles. The van der Waals surface area contributed by atoms with E-state index in [0.717, 1.165) is 45.2 Å². The molecule has 0 spiro atoms. The van der Waals surface area contributed by atoms with Gasteiger partial charge in [0.05, 0.1) is 11.2 Å². The molecule has 1 aliphatic carbocycles. The van der Waals surface area contributed by atoms with Crippen LogP contribution in [0.4, 0.5) is 10.1 Å². The van der Waals surface area contributed by atoms with Crippen molar-refractivity contribution in [1.82, 2.24) is 14.8 Å². The normalized spacial score (nSPS) is 19.0. The molecule has 2 unspecified atom stereocenters. The number of likely N-dealkylation sites (tertiary alicyclic amines) is 1. The van der Waals surface area contributed by atoms with Gasteiger partial charge in [0.1, 0.15) is 17.4 Å². The molecule has 1 saturated carbocycles. The third-order valence-corrected chi connectivity index (χ3v) is 8.23. The van der Waals surface area contributed by atoms with Gasteiger partial charge in [-0.3, -0.25) is 14.5 Å². The van der Waals surface area contributed by atoms with Crippen molar-refractivity contribution in [3.8, 4) is 0 Å². The lowest BCUT2D eigenvalue weighted by Gasteiger charge is -2.25. The van der Waals surface area contributed by atoms with Crippen molar-refractivity contribution < 1.29 is 19.1 Å². The fraction of sp³-hybridized carbons (Fsp3) is 0.452. The monoisotopic (exact) mass is 548 g/mol. The lowest BCUT2D eigenvalue weighted by Crippen LogP contribution is -2.42. The molecule has 212 valence electrons. The number of amides is 1. The zero-order valence-corrected chi connectivity index (χ0v) is 22.9. The van der Waals surface area contributed by atoms with Crippen LogP contribution in [0, 0.1) is 5.82 Å². The van der Waals surface area contributed by atoms with Crippen molar-refractivity contribution in [3.63, 3.8) is 0 Å². The van der Waals surface area contributed by atoms with Gasteiger partial charge in [-0.05, 0) is 43.4 Å². The van der Waals surface area contributed by atoms with Gasteiger partial charge >= 0.3 is 5.97 Å². The molecule has 3 aromatic rings. The first kappa shape index (κ1) is 27.8. The summed E-state index contributed by atoms with van der Waals surface area (Å²) in [7, 11) is 0. The first-order valence-corrected chi connectivity index (χ1v) is 14.3. The standard InChI is InChI=1S/C31H37FN4O4/c1-2-26(31(39)40)34-30(38)24-19-36(22-13-14-35(18-22)17-20-9-5-3-6-10-20)28-16-27(25(32)15-23(28)29(24)37)33-21-11-7-4-8-12-21/h3,5-6,9-10,15-16,19,21-22,26,33H,2,4,7-8,11-14,17-18H2,1H3,(H,34,38)(H,39,40). The number of pyridine rings is 1. The smallest absolute Gasteiger partial charge is 0.326 e. The van der Waals surface area contributed by atoms with Crippen LogP contribution in [-0.2, 0) is 11.3 Å². The molecule has 2 aromatic carbocycles. The summed E-state index contributed by atoms with van der Waals surface area (Å²) >= 11 is 0. The van der Waals surface area contributed by atoms with E-state index in [2.05, 4.69) is 27.7 Å². The highest BCUT2D eigenvalue weighted by atomic mass is 19.1. The Hall–Kier alpha value is -3.72. The maximum absolute atomic E-state index is 15.4. The molecule has 8 nitrogen and oxygen atoms in total. The van der Waals surface area contributed by atoms with Crippen LogP contribution in [-0.4, -0.2) is 51.6 Å². The summed E-state index contributed by atoms with van der Waals surface area (Å²) in [5, 5.41) is 15.4. The average Bonchev–Trinajstić information content (AvgIpc) is 3.41. The molecule has 2 atom stereocenters. The molecule has 1 aliphatic heterocycles. The predicted octanol–water partition coefficient (Wildman–Crippen LogP) is 4.93. The number of hydrogen-bond acceptors (Lipinski definition) is 5. The van der Waals surface area contributed by atoms with Gasteiger partial charge in [0.15, 0.2) is 0 Å². The van der Waals surface area contributed by atoms with Crippen LogP contribution >= 0.6 is 0 Å². The summed E-state index contributed by atoms with van der Waals surface area (Å²) < 4.78 is 17.3. The molecule has 0 bridgehead atoms. The van der Waals surface area contributed by atoms with E-state index in [1.807, 2.05) is 22.8 Å². The van der Waals surface area contributed by atoms with Crippen molar-refractivity contribution >= 4 is 28.5 Å². The highest BCUT2D eigenvalue weighted by Crippen LogP contribution is 2.31. The van der Waals surface area contributed by atoms with Crippen molar-refractivity contribution in [2.45, 2.75) is 76.5 Å². The number of carbonyl (C=O) groups excluding carboxylic acids is 1. The number of nitrogens with zero attached hydrogens (tertiary/aromatic N) is 2. The van der Waals surface area contributed by atoms with Gasteiger partial charge in [-0.25, -0.2) is 9.18 Å². The van der Waals surface area contributed by atoms with Gasteiger partial charge in [-0.1, -0.05) is 56.5 Å². The van der Waals surface area contributed by atoms with Crippen LogP contribution in [0.5, 0.6) is 0 Å². The number of nitrogens with one attached hydrogen (secondary N) is 2. The minimum absolute atomic E-state index is 0.0483. The van der Waals surface area contributed by atoms with E-state index in [1.54, 1.807) is 13.0 Å². The Morgan fingerprint density at radius 1 is 1.10 bits per heavy atom. The third kappa shape index (κ3) is 6.04. The van der Waals surface area contributed by atoms with E-state index in [4.69, 9.17) is 0 Å². The number of carboxylic acids is 1. The van der Waals surface area contributed by atoms with Crippen LogP contribution in [0.25, 0.3) is 10.9 Å². The average molecular weight is 549 g/mol. The summed E-state index contributed by atoms with van der Waals surface area (Å²) in [6.45, 7) is 3.96. The maximum atomic E-state index is 15.4. The fourth-order valence-corrected chi connectivity index (χ4v) is 6.01. The zero-order chi connectivity index (χ0) is 28.2. The lowest BCUT2D eigenvalue weighted by atomic mass is 9.95. The summed E-state index contributed by atoms with van der Waals surface area (Å²) in [4.78, 5) is 40.6. The van der Waals surface area contributed by atoms with Gasteiger partial charge < -0.3 is 20.3 Å². The number of fused-ring (bicyclic) bond motifs is 1. The third-order valence-electron chi connectivity index (χ3n) is 8.23. The van der Waals surface area contributed by atoms with Crippen LogP contribution in [0.2, 0.25) is 0 Å².